The third-order valence-electron chi connectivity index (χ3n) is 3.29. The number of hydrogen-bond acceptors (Lipinski definition) is 5. The summed E-state index contributed by atoms with van der Waals surface area (Å²) in [6.07, 6.45) is 0. The minimum Gasteiger partial charge on any atom is -0.482 e. The number of carbonyl (C=O) groups excluding carboxylic acids is 3. The number of amides is 1. The first-order valence-electron chi connectivity index (χ1n) is 7.74. The second kappa shape index (κ2) is 9.22. The second-order valence-electron chi connectivity index (χ2n) is 5.30. The van der Waals surface area contributed by atoms with Gasteiger partial charge in [-0.05, 0) is 24.6 Å². The number of ether oxygens (including phenoxy) is 2. The van der Waals surface area contributed by atoms with Crippen molar-refractivity contribution < 1.29 is 23.9 Å². The molecular formula is C19H19NO5. The van der Waals surface area contributed by atoms with Crippen LogP contribution in [0.5, 0.6) is 5.75 Å². The van der Waals surface area contributed by atoms with Gasteiger partial charge in [0.1, 0.15) is 5.75 Å². The van der Waals surface area contributed by atoms with Gasteiger partial charge in [0.05, 0.1) is 0 Å². The Morgan fingerprint density at radius 2 is 1.72 bits per heavy atom. The molecule has 0 aliphatic rings. The van der Waals surface area contributed by atoms with Crippen molar-refractivity contribution in [2.24, 2.45) is 0 Å². The fraction of sp³-hybridized carbons (Fsp3) is 0.211. The summed E-state index contributed by atoms with van der Waals surface area (Å²) in [5.74, 6) is -0.764. The summed E-state index contributed by atoms with van der Waals surface area (Å²) in [5.41, 5.74) is 1.45. The fourth-order valence-electron chi connectivity index (χ4n) is 1.98. The fourth-order valence-corrected chi connectivity index (χ4v) is 1.98. The molecule has 0 radical (unpaired) electrons. The van der Waals surface area contributed by atoms with Crippen LogP contribution in [0.2, 0.25) is 0 Å². The third kappa shape index (κ3) is 6.47. The Hall–Kier alpha value is -3.15. The molecule has 0 saturated heterocycles. The van der Waals surface area contributed by atoms with Crippen molar-refractivity contribution in [2.75, 3.05) is 13.2 Å². The standard InChI is InChI=1S/C19H19NO5/c1-14(21)16-8-5-9-17(10-16)24-13-19(23)25-12-18(22)20-11-15-6-3-2-4-7-15/h2-10H,11-13H2,1H3,(H,20,22). The summed E-state index contributed by atoms with van der Waals surface area (Å²) in [4.78, 5) is 34.6. The Kier molecular flexibility index (Phi) is 6.71. The number of benzene rings is 2. The molecule has 0 aliphatic carbocycles. The average Bonchev–Trinajstić information content (AvgIpc) is 2.64. The molecule has 0 aliphatic heterocycles. The molecule has 130 valence electrons. The maximum Gasteiger partial charge on any atom is 0.344 e. The van der Waals surface area contributed by atoms with Gasteiger partial charge in [-0.15, -0.1) is 0 Å². The van der Waals surface area contributed by atoms with E-state index in [1.807, 2.05) is 30.3 Å². The molecule has 0 spiro atoms. The van der Waals surface area contributed by atoms with Crippen LogP contribution in [0.25, 0.3) is 0 Å². The van der Waals surface area contributed by atoms with Crippen LogP contribution in [0.4, 0.5) is 0 Å². The van der Waals surface area contributed by atoms with Gasteiger partial charge in [-0.3, -0.25) is 9.59 Å². The van der Waals surface area contributed by atoms with Crippen molar-refractivity contribution in [3.05, 3.63) is 65.7 Å². The quantitative estimate of drug-likeness (QED) is 0.587. The predicted molar refractivity (Wildman–Crippen MR) is 91.2 cm³/mol. The van der Waals surface area contributed by atoms with E-state index in [2.05, 4.69) is 5.32 Å². The van der Waals surface area contributed by atoms with E-state index >= 15 is 0 Å². The van der Waals surface area contributed by atoms with Crippen LogP contribution >= 0.6 is 0 Å². The highest BCUT2D eigenvalue weighted by molar-refractivity contribution is 5.94. The van der Waals surface area contributed by atoms with Crippen LogP contribution in [0.1, 0.15) is 22.8 Å². The van der Waals surface area contributed by atoms with Crippen molar-refractivity contribution >= 4 is 17.7 Å². The van der Waals surface area contributed by atoms with E-state index in [9.17, 15) is 14.4 Å². The van der Waals surface area contributed by atoms with Crippen LogP contribution in [0, 0.1) is 0 Å². The Balaban J connectivity index is 1.69. The first-order chi connectivity index (χ1) is 12.0. The molecule has 0 atom stereocenters. The lowest BCUT2D eigenvalue weighted by Crippen LogP contribution is -2.29. The molecule has 2 rings (SSSR count). The van der Waals surface area contributed by atoms with Crippen LogP contribution in [0.3, 0.4) is 0 Å². The molecule has 0 unspecified atom stereocenters. The summed E-state index contributed by atoms with van der Waals surface area (Å²) in [6.45, 7) is 1.10. The highest BCUT2D eigenvalue weighted by atomic mass is 16.6. The van der Waals surface area contributed by atoms with Gasteiger partial charge in [0.2, 0.25) is 0 Å². The van der Waals surface area contributed by atoms with Crippen molar-refractivity contribution in [3.63, 3.8) is 0 Å². The number of rotatable bonds is 8. The van der Waals surface area contributed by atoms with Gasteiger partial charge in [-0.2, -0.15) is 0 Å². The van der Waals surface area contributed by atoms with Gasteiger partial charge in [0.25, 0.3) is 5.91 Å². The number of carbonyl (C=O) groups is 3. The lowest BCUT2D eigenvalue weighted by Gasteiger charge is -2.08. The van der Waals surface area contributed by atoms with Crippen molar-refractivity contribution in [3.8, 4) is 5.75 Å². The van der Waals surface area contributed by atoms with E-state index < -0.39 is 11.9 Å². The molecule has 0 saturated carbocycles. The minimum atomic E-state index is -0.664. The van der Waals surface area contributed by atoms with E-state index in [1.165, 1.54) is 6.92 Å². The minimum absolute atomic E-state index is 0.0943. The SMILES string of the molecule is CC(=O)c1cccc(OCC(=O)OCC(=O)NCc2ccccc2)c1. The zero-order chi connectivity index (χ0) is 18.1. The van der Waals surface area contributed by atoms with Gasteiger partial charge in [0, 0.05) is 12.1 Å². The van der Waals surface area contributed by atoms with Crippen molar-refractivity contribution in [1.29, 1.82) is 0 Å². The van der Waals surface area contributed by atoms with E-state index in [4.69, 9.17) is 9.47 Å². The van der Waals surface area contributed by atoms with E-state index in [-0.39, 0.29) is 19.0 Å². The monoisotopic (exact) mass is 341 g/mol. The molecule has 6 nitrogen and oxygen atoms in total. The molecule has 0 fully saturated rings. The van der Waals surface area contributed by atoms with Gasteiger partial charge in [0.15, 0.2) is 19.0 Å². The summed E-state index contributed by atoms with van der Waals surface area (Å²) in [6, 6.07) is 15.9. The van der Waals surface area contributed by atoms with Crippen LogP contribution < -0.4 is 10.1 Å². The van der Waals surface area contributed by atoms with Crippen LogP contribution in [-0.2, 0) is 20.9 Å². The van der Waals surface area contributed by atoms with Crippen LogP contribution in [0.15, 0.2) is 54.6 Å². The Morgan fingerprint density at radius 1 is 0.960 bits per heavy atom. The van der Waals surface area contributed by atoms with Gasteiger partial charge in [-0.25, -0.2) is 4.79 Å². The number of nitrogens with one attached hydrogen (secondary N) is 1. The smallest absolute Gasteiger partial charge is 0.344 e. The molecule has 1 N–H and O–H groups in total. The van der Waals surface area contributed by atoms with Gasteiger partial charge < -0.3 is 14.8 Å². The number of esters is 1. The molecule has 25 heavy (non-hydrogen) atoms. The molecule has 0 aromatic heterocycles. The molecule has 2 aromatic carbocycles. The highest BCUT2D eigenvalue weighted by Crippen LogP contribution is 2.13. The van der Waals surface area contributed by atoms with E-state index in [0.29, 0.717) is 17.9 Å². The summed E-state index contributed by atoms with van der Waals surface area (Å²) >= 11 is 0. The lowest BCUT2D eigenvalue weighted by atomic mass is 10.1. The number of hydrogen-bond donors (Lipinski definition) is 1. The molecule has 0 heterocycles. The summed E-state index contributed by atoms with van der Waals surface area (Å²) in [5, 5.41) is 2.65. The first kappa shape index (κ1) is 18.2. The van der Waals surface area contributed by atoms with Crippen molar-refractivity contribution in [2.45, 2.75) is 13.5 Å². The average molecular weight is 341 g/mol. The van der Waals surface area contributed by atoms with E-state index in [0.717, 1.165) is 5.56 Å². The third-order valence-corrected chi connectivity index (χ3v) is 3.29. The second-order valence-corrected chi connectivity index (χ2v) is 5.30. The molecular weight excluding hydrogens is 322 g/mol. The Morgan fingerprint density at radius 3 is 2.44 bits per heavy atom. The molecule has 2 aromatic rings. The number of Topliss-reactive ketones (excluding diaryl/α,β-unsaturated/α-hetero) is 1. The predicted octanol–water partition coefficient (Wildman–Crippen LogP) is 2.13. The zero-order valence-electron chi connectivity index (χ0n) is 13.9. The topological polar surface area (TPSA) is 81.7 Å². The molecule has 0 bridgehead atoms. The summed E-state index contributed by atoms with van der Waals surface area (Å²) < 4.78 is 10.1. The zero-order valence-corrected chi connectivity index (χ0v) is 13.9. The normalized spacial score (nSPS) is 9.96. The Bertz CT molecular complexity index is 742. The Labute approximate surface area is 145 Å². The lowest BCUT2D eigenvalue weighted by molar-refractivity contribution is -0.150. The van der Waals surface area contributed by atoms with Gasteiger partial charge in [-0.1, -0.05) is 42.5 Å². The maximum absolute atomic E-state index is 11.6. The largest absolute Gasteiger partial charge is 0.482 e. The van der Waals surface area contributed by atoms with E-state index in [1.54, 1.807) is 24.3 Å². The molecule has 6 heteroatoms. The number of ketones is 1. The first-order valence-corrected chi connectivity index (χ1v) is 7.74. The summed E-state index contributed by atoms with van der Waals surface area (Å²) in [7, 11) is 0. The van der Waals surface area contributed by atoms with Gasteiger partial charge >= 0.3 is 5.97 Å². The highest BCUT2D eigenvalue weighted by Gasteiger charge is 2.09. The van der Waals surface area contributed by atoms with Crippen molar-refractivity contribution in [1.82, 2.24) is 5.32 Å². The molecule has 1 amide bonds. The van der Waals surface area contributed by atoms with Crippen LogP contribution in [-0.4, -0.2) is 30.9 Å². The maximum atomic E-state index is 11.6.